The summed E-state index contributed by atoms with van der Waals surface area (Å²) >= 11 is 0. The Bertz CT molecular complexity index is 350. The maximum atomic E-state index is 4.11. The zero-order valence-corrected chi connectivity index (χ0v) is 5.57. The summed E-state index contributed by atoms with van der Waals surface area (Å²) in [6.07, 6.45) is 3.46. The molecule has 0 aliphatic heterocycles. The molecule has 10 heavy (non-hydrogen) atoms. The lowest BCUT2D eigenvalue weighted by Gasteiger charge is -1.88. The van der Waals surface area contributed by atoms with Gasteiger partial charge in [0.05, 0.1) is 6.20 Å². The van der Waals surface area contributed by atoms with Gasteiger partial charge in [-0.3, -0.25) is 4.68 Å². The van der Waals surface area contributed by atoms with Crippen molar-refractivity contribution in [1.29, 1.82) is 0 Å². The Balaban J connectivity index is 2.93. The van der Waals surface area contributed by atoms with E-state index in [1.807, 2.05) is 7.05 Å². The monoisotopic (exact) mass is 132 g/mol. The normalized spacial score (nSPS) is 10.5. The molecular weight excluding hydrogens is 126 g/mol. The number of rotatable bonds is 0. The number of fused-ring (bicyclic) bond motifs is 1. The van der Waals surface area contributed by atoms with Crippen molar-refractivity contribution in [2.24, 2.45) is 7.05 Å². The maximum Gasteiger partial charge on any atom is 0.158 e. The second-order valence-corrected chi connectivity index (χ2v) is 2.09. The molecule has 0 bridgehead atoms. The lowest BCUT2D eigenvalue weighted by Crippen LogP contribution is -1.90. The zero-order chi connectivity index (χ0) is 6.97. The minimum absolute atomic E-state index is 0.877. The van der Waals surface area contributed by atoms with Crippen molar-refractivity contribution >= 4 is 11.0 Å². The van der Waals surface area contributed by atoms with E-state index in [0.717, 1.165) is 11.0 Å². The minimum atomic E-state index is 0.877. The molecule has 3 heteroatoms. The predicted molar refractivity (Wildman–Crippen MR) is 37.3 cm³/mol. The molecule has 2 aromatic rings. The SMILES string of the molecule is Cn1ncc2[c]ccnc21. The highest BCUT2D eigenvalue weighted by Crippen LogP contribution is 2.05. The van der Waals surface area contributed by atoms with Crippen LogP contribution >= 0.6 is 0 Å². The Morgan fingerprint density at radius 2 is 2.50 bits per heavy atom. The van der Waals surface area contributed by atoms with Crippen molar-refractivity contribution in [2.45, 2.75) is 0 Å². The fraction of sp³-hybridized carbons (Fsp3) is 0.143. The molecule has 0 unspecified atom stereocenters. The average Bonchev–Trinajstić information content (AvgIpc) is 2.34. The highest BCUT2D eigenvalue weighted by Gasteiger charge is 1.96. The summed E-state index contributed by atoms with van der Waals surface area (Å²) in [6.45, 7) is 0. The fourth-order valence-electron chi connectivity index (χ4n) is 0.921. The predicted octanol–water partition coefficient (Wildman–Crippen LogP) is 0.768. The minimum Gasteiger partial charge on any atom is -0.250 e. The van der Waals surface area contributed by atoms with Gasteiger partial charge in [-0.2, -0.15) is 5.10 Å². The van der Waals surface area contributed by atoms with Crippen molar-refractivity contribution in [3.05, 3.63) is 24.5 Å². The van der Waals surface area contributed by atoms with Gasteiger partial charge in [0.2, 0.25) is 0 Å². The lowest BCUT2D eigenvalue weighted by molar-refractivity contribution is 0.786. The maximum absolute atomic E-state index is 4.11. The van der Waals surface area contributed by atoms with Crippen molar-refractivity contribution in [3.63, 3.8) is 0 Å². The first-order chi connectivity index (χ1) is 4.88. The van der Waals surface area contributed by atoms with E-state index < -0.39 is 0 Å². The molecule has 0 N–H and O–H groups in total. The molecule has 0 amide bonds. The van der Waals surface area contributed by atoms with Gasteiger partial charge in [0.1, 0.15) is 0 Å². The third-order valence-electron chi connectivity index (χ3n) is 1.42. The number of hydrogen-bond donors (Lipinski definition) is 0. The summed E-state index contributed by atoms with van der Waals surface area (Å²) < 4.78 is 1.73. The highest BCUT2D eigenvalue weighted by molar-refractivity contribution is 5.72. The van der Waals surface area contributed by atoms with Gasteiger partial charge in [0, 0.05) is 18.6 Å². The summed E-state index contributed by atoms with van der Waals surface area (Å²) in [5.74, 6) is 0. The lowest BCUT2D eigenvalue weighted by atomic mass is 10.4. The third kappa shape index (κ3) is 0.603. The molecule has 0 fully saturated rings. The van der Waals surface area contributed by atoms with Crippen LogP contribution in [0.3, 0.4) is 0 Å². The molecule has 2 rings (SSSR count). The van der Waals surface area contributed by atoms with Crippen molar-refractivity contribution < 1.29 is 0 Å². The molecule has 0 atom stereocenters. The molecule has 49 valence electrons. The van der Waals surface area contributed by atoms with E-state index in [1.54, 1.807) is 23.1 Å². The van der Waals surface area contributed by atoms with Gasteiger partial charge in [-0.25, -0.2) is 4.98 Å². The second-order valence-electron chi connectivity index (χ2n) is 2.09. The van der Waals surface area contributed by atoms with E-state index in [2.05, 4.69) is 16.1 Å². The second kappa shape index (κ2) is 1.80. The van der Waals surface area contributed by atoms with Crippen LogP contribution in [-0.2, 0) is 7.05 Å². The van der Waals surface area contributed by atoms with Crippen LogP contribution < -0.4 is 0 Å². The summed E-state index contributed by atoms with van der Waals surface area (Å²) in [7, 11) is 1.86. The standard InChI is InChI=1S/C7H6N3/c1-10-7-6(5-9-10)3-2-4-8-7/h2,4-5H,1H3. The summed E-state index contributed by atoms with van der Waals surface area (Å²) in [5, 5.41) is 4.98. The summed E-state index contributed by atoms with van der Waals surface area (Å²) in [4.78, 5) is 4.11. The molecule has 3 nitrogen and oxygen atoms in total. The molecule has 0 saturated heterocycles. The molecule has 2 aromatic heterocycles. The first kappa shape index (κ1) is 5.41. The van der Waals surface area contributed by atoms with E-state index in [4.69, 9.17) is 0 Å². The van der Waals surface area contributed by atoms with Gasteiger partial charge in [-0.15, -0.1) is 0 Å². The number of aryl methyl sites for hydroxylation is 1. The quantitative estimate of drug-likeness (QED) is 0.530. The first-order valence-corrected chi connectivity index (χ1v) is 3.02. The van der Waals surface area contributed by atoms with Gasteiger partial charge in [0.15, 0.2) is 5.65 Å². The third-order valence-corrected chi connectivity index (χ3v) is 1.42. The fourth-order valence-corrected chi connectivity index (χ4v) is 0.921. The van der Waals surface area contributed by atoms with Crippen LogP contribution in [0.5, 0.6) is 0 Å². The van der Waals surface area contributed by atoms with Crippen LogP contribution in [0, 0.1) is 6.07 Å². The van der Waals surface area contributed by atoms with Crippen LogP contribution in [0.4, 0.5) is 0 Å². The van der Waals surface area contributed by atoms with Crippen LogP contribution in [0.1, 0.15) is 0 Å². The Kier molecular flexibility index (Phi) is 0.974. The van der Waals surface area contributed by atoms with E-state index in [0.29, 0.717) is 0 Å². The first-order valence-electron chi connectivity index (χ1n) is 3.02. The van der Waals surface area contributed by atoms with E-state index in [9.17, 15) is 0 Å². The van der Waals surface area contributed by atoms with E-state index in [1.165, 1.54) is 0 Å². The van der Waals surface area contributed by atoms with Gasteiger partial charge in [-0.05, 0) is 12.1 Å². The number of pyridine rings is 1. The van der Waals surface area contributed by atoms with Crippen LogP contribution in [0.2, 0.25) is 0 Å². The van der Waals surface area contributed by atoms with Gasteiger partial charge < -0.3 is 0 Å². The Labute approximate surface area is 58.3 Å². The van der Waals surface area contributed by atoms with Crippen molar-refractivity contribution in [3.8, 4) is 0 Å². The highest BCUT2D eigenvalue weighted by atomic mass is 15.3. The molecular formula is C7H6N3. The number of hydrogen-bond acceptors (Lipinski definition) is 2. The molecule has 0 spiro atoms. The van der Waals surface area contributed by atoms with Gasteiger partial charge >= 0.3 is 0 Å². The zero-order valence-electron chi connectivity index (χ0n) is 5.57. The molecule has 0 aliphatic carbocycles. The smallest absolute Gasteiger partial charge is 0.158 e. The molecule has 1 radical (unpaired) electrons. The Morgan fingerprint density at radius 3 is 3.30 bits per heavy atom. The largest absolute Gasteiger partial charge is 0.250 e. The van der Waals surface area contributed by atoms with Gasteiger partial charge in [0.25, 0.3) is 0 Å². The molecule has 0 saturated carbocycles. The van der Waals surface area contributed by atoms with Crippen molar-refractivity contribution in [2.75, 3.05) is 0 Å². The number of aromatic nitrogens is 3. The van der Waals surface area contributed by atoms with E-state index >= 15 is 0 Å². The number of nitrogens with zero attached hydrogens (tertiary/aromatic N) is 3. The summed E-state index contributed by atoms with van der Waals surface area (Å²) in [5.41, 5.74) is 0.877. The van der Waals surface area contributed by atoms with Crippen molar-refractivity contribution in [1.82, 2.24) is 14.8 Å². The van der Waals surface area contributed by atoms with Crippen LogP contribution in [0.25, 0.3) is 11.0 Å². The topological polar surface area (TPSA) is 30.7 Å². The molecule has 2 heterocycles. The van der Waals surface area contributed by atoms with Gasteiger partial charge in [-0.1, -0.05) is 0 Å². The molecule has 0 aliphatic rings. The molecule has 0 aromatic carbocycles. The van der Waals surface area contributed by atoms with E-state index in [-0.39, 0.29) is 0 Å². The summed E-state index contributed by atoms with van der Waals surface area (Å²) in [6, 6.07) is 4.81. The Hall–Kier alpha value is -1.38. The van der Waals surface area contributed by atoms with Crippen LogP contribution in [0.15, 0.2) is 18.5 Å². The average molecular weight is 132 g/mol. The Morgan fingerprint density at radius 1 is 1.60 bits per heavy atom. The van der Waals surface area contributed by atoms with Crippen LogP contribution in [-0.4, -0.2) is 14.8 Å².